The summed E-state index contributed by atoms with van der Waals surface area (Å²) in [6.07, 6.45) is 1.13. The summed E-state index contributed by atoms with van der Waals surface area (Å²) in [6.45, 7) is 3.88. The van der Waals surface area contributed by atoms with Crippen LogP contribution >= 0.6 is 0 Å². The van der Waals surface area contributed by atoms with Crippen molar-refractivity contribution in [3.63, 3.8) is 0 Å². The lowest BCUT2D eigenvalue weighted by Gasteiger charge is -2.16. The Kier molecular flexibility index (Phi) is 4.59. The van der Waals surface area contributed by atoms with Crippen LogP contribution in [0.2, 0.25) is 0 Å². The zero-order valence-electron chi connectivity index (χ0n) is 10.2. The lowest BCUT2D eigenvalue weighted by atomic mass is 9.96. The lowest BCUT2D eigenvalue weighted by molar-refractivity contribution is -0.385. The minimum Gasteiger partial charge on any atom is -0.481 e. The second-order valence-electron chi connectivity index (χ2n) is 4.23. The smallest absolute Gasteiger partial charge is 0.308 e. The second-order valence-corrected chi connectivity index (χ2v) is 4.23. The standard InChI is InChI=1S/C11H15N3O4/c1-7(2)9(11(15)16)6-13-10-4-3-8(5-12-10)14(17)18/h3-5,7,9H,6H2,1-2H3,(H,12,13)(H,15,16). The number of carboxylic acid groups (broad SMARTS) is 1. The average Bonchev–Trinajstić information content (AvgIpc) is 2.28. The van der Waals surface area contributed by atoms with Crippen molar-refractivity contribution < 1.29 is 14.8 Å². The molecule has 0 saturated heterocycles. The van der Waals surface area contributed by atoms with Crippen molar-refractivity contribution in [1.82, 2.24) is 4.98 Å². The first-order chi connectivity index (χ1) is 8.41. The van der Waals surface area contributed by atoms with E-state index in [1.165, 1.54) is 12.1 Å². The van der Waals surface area contributed by atoms with Crippen molar-refractivity contribution in [2.75, 3.05) is 11.9 Å². The van der Waals surface area contributed by atoms with Gasteiger partial charge in [-0.3, -0.25) is 14.9 Å². The van der Waals surface area contributed by atoms with Crippen LogP contribution in [0.4, 0.5) is 11.5 Å². The summed E-state index contributed by atoms with van der Waals surface area (Å²) in [5.74, 6) is -0.984. The van der Waals surface area contributed by atoms with Gasteiger partial charge in [-0.05, 0) is 12.0 Å². The molecule has 0 bridgehead atoms. The predicted molar refractivity (Wildman–Crippen MR) is 65.3 cm³/mol. The number of anilines is 1. The van der Waals surface area contributed by atoms with Gasteiger partial charge in [0.1, 0.15) is 12.0 Å². The summed E-state index contributed by atoms with van der Waals surface area (Å²) < 4.78 is 0. The topological polar surface area (TPSA) is 105 Å². The van der Waals surface area contributed by atoms with E-state index in [4.69, 9.17) is 5.11 Å². The van der Waals surface area contributed by atoms with Gasteiger partial charge < -0.3 is 10.4 Å². The molecular weight excluding hydrogens is 238 g/mol. The maximum atomic E-state index is 11.0. The molecule has 1 aromatic heterocycles. The molecule has 1 atom stereocenters. The molecule has 0 saturated carbocycles. The Bertz CT molecular complexity index is 430. The van der Waals surface area contributed by atoms with Gasteiger partial charge in [-0.2, -0.15) is 0 Å². The van der Waals surface area contributed by atoms with E-state index >= 15 is 0 Å². The van der Waals surface area contributed by atoms with Crippen molar-refractivity contribution >= 4 is 17.5 Å². The number of pyridine rings is 1. The van der Waals surface area contributed by atoms with Crippen LogP contribution in [-0.4, -0.2) is 27.5 Å². The number of rotatable bonds is 6. The maximum absolute atomic E-state index is 11.0. The van der Waals surface area contributed by atoms with Crippen LogP contribution in [0.5, 0.6) is 0 Å². The van der Waals surface area contributed by atoms with Crippen LogP contribution in [0.3, 0.4) is 0 Å². The van der Waals surface area contributed by atoms with Crippen molar-refractivity contribution in [3.8, 4) is 0 Å². The van der Waals surface area contributed by atoms with Gasteiger partial charge in [0.15, 0.2) is 0 Å². The number of hydrogen-bond acceptors (Lipinski definition) is 5. The first-order valence-electron chi connectivity index (χ1n) is 5.49. The molecule has 0 aliphatic rings. The molecular formula is C11H15N3O4. The molecule has 98 valence electrons. The van der Waals surface area contributed by atoms with E-state index in [0.717, 1.165) is 6.20 Å². The van der Waals surface area contributed by atoms with Crippen molar-refractivity contribution in [1.29, 1.82) is 0 Å². The Morgan fingerprint density at radius 3 is 2.61 bits per heavy atom. The molecule has 1 aromatic rings. The van der Waals surface area contributed by atoms with E-state index in [1.807, 2.05) is 13.8 Å². The van der Waals surface area contributed by atoms with Crippen LogP contribution in [0.1, 0.15) is 13.8 Å². The summed E-state index contributed by atoms with van der Waals surface area (Å²) in [6, 6.07) is 2.78. The van der Waals surface area contributed by atoms with Crippen molar-refractivity contribution in [2.45, 2.75) is 13.8 Å². The van der Waals surface area contributed by atoms with Gasteiger partial charge in [-0.1, -0.05) is 13.8 Å². The van der Waals surface area contributed by atoms with E-state index in [2.05, 4.69) is 10.3 Å². The quantitative estimate of drug-likeness (QED) is 0.591. The molecule has 0 aromatic carbocycles. The van der Waals surface area contributed by atoms with Crippen LogP contribution in [0, 0.1) is 22.0 Å². The fraction of sp³-hybridized carbons (Fsp3) is 0.455. The van der Waals surface area contributed by atoms with E-state index in [9.17, 15) is 14.9 Å². The third-order valence-electron chi connectivity index (χ3n) is 2.58. The van der Waals surface area contributed by atoms with Gasteiger partial charge in [-0.25, -0.2) is 4.98 Å². The number of carboxylic acids is 1. The molecule has 0 amide bonds. The Morgan fingerprint density at radius 1 is 1.56 bits per heavy atom. The van der Waals surface area contributed by atoms with Crippen LogP contribution in [0.15, 0.2) is 18.3 Å². The van der Waals surface area contributed by atoms with Crippen LogP contribution in [-0.2, 0) is 4.79 Å². The fourth-order valence-corrected chi connectivity index (χ4v) is 1.42. The number of aromatic nitrogens is 1. The van der Waals surface area contributed by atoms with Gasteiger partial charge in [0, 0.05) is 12.6 Å². The van der Waals surface area contributed by atoms with Gasteiger partial charge in [0.05, 0.1) is 10.8 Å². The summed E-state index contributed by atoms with van der Waals surface area (Å²) in [7, 11) is 0. The Hall–Kier alpha value is -2.18. The summed E-state index contributed by atoms with van der Waals surface area (Å²) in [5, 5.41) is 22.3. The van der Waals surface area contributed by atoms with E-state index in [1.54, 1.807) is 0 Å². The molecule has 7 nitrogen and oxygen atoms in total. The molecule has 0 radical (unpaired) electrons. The molecule has 7 heteroatoms. The Balaban J connectivity index is 2.62. The van der Waals surface area contributed by atoms with Gasteiger partial charge >= 0.3 is 5.97 Å². The van der Waals surface area contributed by atoms with Crippen LogP contribution < -0.4 is 5.32 Å². The third-order valence-corrected chi connectivity index (χ3v) is 2.58. The van der Waals surface area contributed by atoms with E-state index in [0.29, 0.717) is 5.82 Å². The minimum atomic E-state index is -0.876. The molecule has 0 fully saturated rings. The molecule has 0 aliphatic carbocycles. The van der Waals surface area contributed by atoms with Crippen molar-refractivity contribution in [3.05, 3.63) is 28.4 Å². The fourth-order valence-electron chi connectivity index (χ4n) is 1.42. The highest BCUT2D eigenvalue weighted by molar-refractivity contribution is 5.71. The summed E-state index contributed by atoms with van der Waals surface area (Å²) in [4.78, 5) is 24.7. The third kappa shape index (κ3) is 3.69. The number of nitrogens with zero attached hydrogens (tertiary/aromatic N) is 2. The number of hydrogen-bond donors (Lipinski definition) is 2. The SMILES string of the molecule is CC(C)C(CNc1ccc([N+](=O)[O-])cn1)C(=O)O. The average molecular weight is 253 g/mol. The Labute approximate surface area is 104 Å². The first kappa shape index (κ1) is 13.9. The zero-order valence-corrected chi connectivity index (χ0v) is 10.2. The lowest BCUT2D eigenvalue weighted by Crippen LogP contribution is -2.27. The largest absolute Gasteiger partial charge is 0.481 e. The van der Waals surface area contributed by atoms with Gasteiger partial charge in [0.25, 0.3) is 5.69 Å². The molecule has 1 heterocycles. The maximum Gasteiger partial charge on any atom is 0.308 e. The first-order valence-corrected chi connectivity index (χ1v) is 5.49. The molecule has 18 heavy (non-hydrogen) atoms. The Morgan fingerprint density at radius 2 is 2.22 bits per heavy atom. The highest BCUT2D eigenvalue weighted by atomic mass is 16.6. The highest BCUT2D eigenvalue weighted by Crippen LogP contribution is 2.15. The summed E-state index contributed by atoms with van der Waals surface area (Å²) in [5.41, 5.74) is -0.0980. The molecule has 1 rings (SSSR count). The normalized spacial score (nSPS) is 12.2. The van der Waals surface area contributed by atoms with Crippen LogP contribution in [0.25, 0.3) is 0 Å². The number of aliphatic carboxylic acids is 1. The molecule has 0 spiro atoms. The highest BCUT2D eigenvalue weighted by Gasteiger charge is 2.21. The molecule has 2 N–H and O–H groups in total. The van der Waals surface area contributed by atoms with Crippen molar-refractivity contribution in [2.24, 2.45) is 11.8 Å². The van der Waals surface area contributed by atoms with E-state index in [-0.39, 0.29) is 18.2 Å². The number of nitro groups is 1. The second kappa shape index (κ2) is 5.95. The number of nitrogens with one attached hydrogen (secondary N) is 1. The summed E-state index contributed by atoms with van der Waals surface area (Å²) >= 11 is 0. The molecule has 0 aliphatic heterocycles. The molecule has 1 unspecified atom stereocenters. The van der Waals surface area contributed by atoms with Gasteiger partial charge in [-0.15, -0.1) is 0 Å². The minimum absolute atomic E-state index is 0.00644. The van der Waals surface area contributed by atoms with Gasteiger partial charge in [0.2, 0.25) is 0 Å². The van der Waals surface area contributed by atoms with E-state index < -0.39 is 16.8 Å². The monoisotopic (exact) mass is 253 g/mol. The zero-order chi connectivity index (χ0) is 13.7. The number of carbonyl (C=O) groups is 1. The predicted octanol–water partition coefficient (Wildman–Crippen LogP) is 1.76.